The van der Waals surface area contributed by atoms with Gasteiger partial charge in [0.1, 0.15) is 11.8 Å². The molecule has 0 aromatic rings. The van der Waals surface area contributed by atoms with E-state index in [1.54, 1.807) is 0 Å². The summed E-state index contributed by atoms with van der Waals surface area (Å²) in [6.07, 6.45) is 11.2. The van der Waals surface area contributed by atoms with Gasteiger partial charge in [-0.25, -0.2) is 0 Å². The molecule has 1 aliphatic rings. The van der Waals surface area contributed by atoms with Crippen LogP contribution in [0.3, 0.4) is 0 Å². The van der Waals surface area contributed by atoms with Gasteiger partial charge in [-0.15, -0.1) is 0 Å². The highest BCUT2D eigenvalue weighted by Gasteiger charge is 2.43. The second-order valence-electron chi connectivity index (χ2n) is 6.35. The van der Waals surface area contributed by atoms with Crippen LogP contribution in [0, 0.1) is 40.4 Å². The topological polar surface area (TPSA) is 93.8 Å². The van der Waals surface area contributed by atoms with Gasteiger partial charge in [0.2, 0.25) is 11.8 Å². The predicted octanol–water partition coefficient (Wildman–Crippen LogP) is 3.46. The van der Waals surface area contributed by atoms with E-state index in [0.717, 1.165) is 19.3 Å². The fourth-order valence-electron chi connectivity index (χ4n) is 3.19. The fourth-order valence-corrected chi connectivity index (χ4v) is 3.19. The molecule has 1 rings (SSSR count). The van der Waals surface area contributed by atoms with E-state index < -0.39 is 29.6 Å². The third kappa shape index (κ3) is 6.02. The number of hydrogen-bond donors (Lipinski definition) is 1. The number of nitrogens with zero attached hydrogens (tertiary/aromatic N) is 2. The van der Waals surface area contributed by atoms with Crippen LogP contribution in [0.5, 0.6) is 0 Å². The van der Waals surface area contributed by atoms with E-state index in [0.29, 0.717) is 6.42 Å². The monoisotopic (exact) mass is 317 g/mol. The number of nitriles is 2. The Balaban J connectivity index is 2.30. The minimum Gasteiger partial charge on any atom is -0.294 e. The molecule has 0 spiro atoms. The lowest BCUT2D eigenvalue weighted by molar-refractivity contribution is -0.140. The number of nitrogens with one attached hydrogen (secondary N) is 1. The Labute approximate surface area is 139 Å². The van der Waals surface area contributed by atoms with Crippen molar-refractivity contribution in [1.29, 1.82) is 10.5 Å². The molecule has 23 heavy (non-hydrogen) atoms. The minimum atomic E-state index is -0.883. The number of imide groups is 1. The molecule has 0 aliphatic carbocycles. The summed E-state index contributed by atoms with van der Waals surface area (Å²) in [7, 11) is 0. The lowest BCUT2D eigenvalue weighted by Gasteiger charge is -2.29. The smallest absolute Gasteiger partial charge is 0.244 e. The van der Waals surface area contributed by atoms with E-state index in [4.69, 9.17) is 10.5 Å². The van der Waals surface area contributed by atoms with Crippen molar-refractivity contribution in [2.24, 2.45) is 17.8 Å². The molecule has 2 unspecified atom stereocenters. The molecule has 126 valence electrons. The molecular formula is C18H27N3O2. The maximum atomic E-state index is 11.7. The summed E-state index contributed by atoms with van der Waals surface area (Å²) in [4.78, 5) is 23.4. The second kappa shape index (κ2) is 10.8. The molecule has 1 saturated heterocycles. The third-order valence-corrected chi connectivity index (χ3v) is 4.59. The Morgan fingerprint density at radius 2 is 1.26 bits per heavy atom. The summed E-state index contributed by atoms with van der Waals surface area (Å²) in [5, 5.41) is 20.4. The number of carbonyl (C=O) groups excluding carboxylic acids is 2. The summed E-state index contributed by atoms with van der Waals surface area (Å²) in [5.74, 6) is -3.33. The Morgan fingerprint density at radius 1 is 0.826 bits per heavy atom. The number of carbonyl (C=O) groups is 2. The van der Waals surface area contributed by atoms with E-state index in [9.17, 15) is 9.59 Å². The number of hydrogen-bond acceptors (Lipinski definition) is 4. The quantitative estimate of drug-likeness (QED) is 0.493. The highest BCUT2D eigenvalue weighted by molar-refractivity contribution is 6.02. The molecule has 0 saturated carbocycles. The minimum absolute atomic E-state index is 0.462. The first kappa shape index (κ1) is 19.2. The van der Waals surface area contributed by atoms with Gasteiger partial charge >= 0.3 is 0 Å². The van der Waals surface area contributed by atoms with E-state index in [2.05, 4.69) is 12.2 Å². The molecule has 1 aliphatic heterocycles. The molecule has 2 atom stereocenters. The zero-order valence-corrected chi connectivity index (χ0v) is 14.0. The van der Waals surface area contributed by atoms with Gasteiger partial charge in [0.25, 0.3) is 0 Å². The van der Waals surface area contributed by atoms with Crippen molar-refractivity contribution in [2.45, 2.75) is 71.1 Å². The van der Waals surface area contributed by atoms with Crippen LogP contribution in [0.1, 0.15) is 71.1 Å². The molecule has 1 heterocycles. The zero-order valence-electron chi connectivity index (χ0n) is 14.0. The molecule has 0 radical (unpaired) electrons. The fraction of sp³-hybridized carbons (Fsp3) is 0.778. The first-order chi connectivity index (χ1) is 11.2. The molecule has 0 aromatic carbocycles. The van der Waals surface area contributed by atoms with Crippen molar-refractivity contribution >= 4 is 11.8 Å². The standard InChI is InChI=1S/C18H27N3O2/c1-2-3-4-5-6-7-8-9-10-11-14-15(12-19)17(22)21-18(23)16(14)13-20/h14-16H,2-11H2,1H3,(H,21,22,23). The van der Waals surface area contributed by atoms with Crippen molar-refractivity contribution < 1.29 is 9.59 Å². The van der Waals surface area contributed by atoms with Crippen LogP contribution in [0.4, 0.5) is 0 Å². The van der Waals surface area contributed by atoms with Crippen molar-refractivity contribution in [1.82, 2.24) is 5.32 Å². The van der Waals surface area contributed by atoms with E-state index in [-0.39, 0.29) is 0 Å². The van der Waals surface area contributed by atoms with Gasteiger partial charge in [-0.3, -0.25) is 14.9 Å². The molecular weight excluding hydrogens is 290 g/mol. The zero-order chi connectivity index (χ0) is 17.1. The van der Waals surface area contributed by atoms with E-state index >= 15 is 0 Å². The lowest BCUT2D eigenvalue weighted by Crippen LogP contribution is -2.50. The van der Waals surface area contributed by atoms with Gasteiger partial charge in [0.15, 0.2) is 0 Å². The number of amides is 2. The van der Waals surface area contributed by atoms with Crippen LogP contribution >= 0.6 is 0 Å². The summed E-state index contributed by atoms with van der Waals surface area (Å²) in [6.45, 7) is 2.21. The van der Waals surface area contributed by atoms with Gasteiger partial charge in [-0.05, 0) is 6.42 Å². The normalized spacial score (nSPS) is 23.9. The molecule has 0 aromatic heterocycles. The van der Waals surface area contributed by atoms with Gasteiger partial charge in [0, 0.05) is 5.92 Å². The highest BCUT2D eigenvalue weighted by Crippen LogP contribution is 2.30. The van der Waals surface area contributed by atoms with Gasteiger partial charge in [-0.2, -0.15) is 10.5 Å². The van der Waals surface area contributed by atoms with Crippen molar-refractivity contribution in [2.75, 3.05) is 0 Å². The molecule has 2 amide bonds. The summed E-state index contributed by atoms with van der Waals surface area (Å²) >= 11 is 0. The summed E-state index contributed by atoms with van der Waals surface area (Å²) in [6, 6.07) is 3.91. The van der Waals surface area contributed by atoms with Crippen LogP contribution in [-0.2, 0) is 9.59 Å². The van der Waals surface area contributed by atoms with Crippen molar-refractivity contribution in [3.8, 4) is 12.1 Å². The van der Waals surface area contributed by atoms with Crippen LogP contribution in [0.25, 0.3) is 0 Å². The molecule has 5 nitrogen and oxygen atoms in total. The van der Waals surface area contributed by atoms with Crippen molar-refractivity contribution in [3.63, 3.8) is 0 Å². The van der Waals surface area contributed by atoms with E-state index in [1.165, 1.54) is 38.5 Å². The maximum Gasteiger partial charge on any atom is 0.244 e. The Hall–Kier alpha value is -1.88. The van der Waals surface area contributed by atoms with Crippen LogP contribution in [0.2, 0.25) is 0 Å². The van der Waals surface area contributed by atoms with E-state index in [1.807, 2.05) is 12.1 Å². The first-order valence-corrected chi connectivity index (χ1v) is 8.79. The highest BCUT2D eigenvalue weighted by atomic mass is 16.2. The average Bonchev–Trinajstić information content (AvgIpc) is 2.53. The molecule has 1 fully saturated rings. The second-order valence-corrected chi connectivity index (χ2v) is 6.35. The van der Waals surface area contributed by atoms with Crippen molar-refractivity contribution in [3.05, 3.63) is 0 Å². The molecule has 5 heteroatoms. The average molecular weight is 317 g/mol. The molecule has 1 N–H and O–H groups in total. The number of rotatable bonds is 10. The first-order valence-electron chi connectivity index (χ1n) is 8.79. The Kier molecular flexibility index (Phi) is 8.98. The SMILES string of the molecule is CCCCCCCCCCCC1C(C#N)C(=O)NC(=O)C1C#N. The predicted molar refractivity (Wildman–Crippen MR) is 86.7 cm³/mol. The Bertz CT molecular complexity index is 444. The lowest BCUT2D eigenvalue weighted by atomic mass is 9.76. The number of unbranched alkanes of at least 4 members (excludes halogenated alkanes) is 8. The van der Waals surface area contributed by atoms with Crippen LogP contribution in [-0.4, -0.2) is 11.8 Å². The maximum absolute atomic E-state index is 11.7. The van der Waals surface area contributed by atoms with Gasteiger partial charge in [0.05, 0.1) is 12.1 Å². The molecule has 0 bridgehead atoms. The summed E-state index contributed by atoms with van der Waals surface area (Å²) < 4.78 is 0. The Morgan fingerprint density at radius 3 is 1.70 bits per heavy atom. The number of piperidine rings is 1. The van der Waals surface area contributed by atoms with Gasteiger partial charge in [-0.1, -0.05) is 64.7 Å². The largest absolute Gasteiger partial charge is 0.294 e. The summed E-state index contributed by atoms with van der Waals surface area (Å²) in [5.41, 5.74) is 0. The van der Waals surface area contributed by atoms with Gasteiger partial charge < -0.3 is 0 Å². The van der Waals surface area contributed by atoms with Crippen LogP contribution in [0.15, 0.2) is 0 Å². The van der Waals surface area contributed by atoms with Crippen LogP contribution < -0.4 is 5.32 Å². The third-order valence-electron chi connectivity index (χ3n) is 4.59.